The number of carbonyl (C=O) groups is 3. The Morgan fingerprint density at radius 2 is 1.74 bits per heavy atom. The topological polar surface area (TPSA) is 83.9 Å². The van der Waals surface area contributed by atoms with Crippen molar-refractivity contribution in [1.82, 2.24) is 4.90 Å². The number of hydrogen-bond donors (Lipinski definition) is 1. The predicted octanol–water partition coefficient (Wildman–Crippen LogP) is 0.0372. The summed E-state index contributed by atoms with van der Waals surface area (Å²) in [7, 11) is 0. The van der Waals surface area contributed by atoms with Crippen LogP contribution in [0.2, 0.25) is 0 Å². The van der Waals surface area contributed by atoms with Crippen LogP contribution >= 0.6 is 0 Å². The van der Waals surface area contributed by atoms with E-state index >= 15 is 0 Å². The molecule has 2 heterocycles. The highest BCUT2D eigenvalue weighted by molar-refractivity contribution is 6.06. The summed E-state index contributed by atoms with van der Waals surface area (Å²) < 4.78 is 5.15. The van der Waals surface area contributed by atoms with Gasteiger partial charge in [0, 0.05) is 0 Å². The van der Waals surface area contributed by atoms with Crippen LogP contribution in [0.25, 0.3) is 0 Å². The molecule has 4 unspecified atom stereocenters. The summed E-state index contributed by atoms with van der Waals surface area (Å²) in [6.45, 7) is 0.186. The maximum Gasteiger partial charge on any atom is 0.311 e. The van der Waals surface area contributed by atoms with Crippen molar-refractivity contribution < 1.29 is 24.2 Å². The second-order valence-electron chi connectivity index (χ2n) is 5.25. The molecule has 0 bridgehead atoms. The van der Waals surface area contributed by atoms with Crippen molar-refractivity contribution >= 4 is 17.8 Å². The molecule has 0 aromatic rings. The second-order valence-corrected chi connectivity index (χ2v) is 5.25. The number of hydrogen-bond acceptors (Lipinski definition) is 4. The van der Waals surface area contributed by atoms with Gasteiger partial charge in [0.15, 0.2) is 0 Å². The highest BCUT2D eigenvalue weighted by Crippen LogP contribution is 2.38. The van der Waals surface area contributed by atoms with Crippen LogP contribution in [-0.4, -0.2) is 47.0 Å². The Balaban J connectivity index is 1.87. The predicted molar refractivity (Wildman–Crippen MR) is 62.9 cm³/mol. The Hall–Kier alpha value is -1.69. The van der Waals surface area contributed by atoms with Gasteiger partial charge in [-0.2, -0.15) is 0 Å². The minimum atomic E-state index is -1.02. The lowest BCUT2D eigenvalue weighted by atomic mass is 9.85. The second kappa shape index (κ2) is 4.45. The molecule has 3 aliphatic rings. The van der Waals surface area contributed by atoms with Crippen LogP contribution in [0, 0.1) is 17.8 Å². The zero-order valence-corrected chi connectivity index (χ0v) is 10.3. The maximum absolute atomic E-state index is 12.3. The van der Waals surface area contributed by atoms with Crippen molar-refractivity contribution in [1.29, 1.82) is 0 Å². The number of allylic oxidation sites excluding steroid dienone is 2. The molecular formula is C13H15NO5. The summed E-state index contributed by atoms with van der Waals surface area (Å²) in [6.07, 6.45) is 4.96. The number of rotatable bonds is 2. The van der Waals surface area contributed by atoms with E-state index in [1.165, 1.54) is 0 Å². The third-order valence-corrected chi connectivity index (χ3v) is 4.24. The standard InChI is InChI=1S/C13H15NO5/c15-11-7-3-1-2-4-8(7)12(16)14(11)10-6-19-5-9(10)13(17)18/h1-2,7-10H,3-6H2,(H,17,18). The molecule has 1 aliphatic carbocycles. The molecule has 4 atom stereocenters. The van der Waals surface area contributed by atoms with Gasteiger partial charge in [0.2, 0.25) is 11.8 Å². The van der Waals surface area contributed by atoms with E-state index in [-0.39, 0.29) is 36.9 Å². The number of nitrogens with zero attached hydrogens (tertiary/aromatic N) is 1. The van der Waals surface area contributed by atoms with E-state index in [0.29, 0.717) is 12.8 Å². The number of carbonyl (C=O) groups excluding carboxylic acids is 2. The lowest BCUT2D eigenvalue weighted by molar-refractivity contribution is -0.148. The molecule has 0 saturated carbocycles. The Morgan fingerprint density at radius 3 is 2.26 bits per heavy atom. The van der Waals surface area contributed by atoms with Gasteiger partial charge in [-0.25, -0.2) is 0 Å². The van der Waals surface area contributed by atoms with Gasteiger partial charge in [0.25, 0.3) is 0 Å². The first-order chi connectivity index (χ1) is 9.11. The minimum Gasteiger partial charge on any atom is -0.481 e. The van der Waals surface area contributed by atoms with E-state index in [1.807, 2.05) is 12.2 Å². The summed E-state index contributed by atoms with van der Waals surface area (Å²) in [4.78, 5) is 37.0. The number of fused-ring (bicyclic) bond motifs is 1. The maximum atomic E-state index is 12.3. The molecule has 0 aromatic carbocycles. The summed E-state index contributed by atoms with van der Waals surface area (Å²) in [5, 5.41) is 9.13. The zero-order valence-electron chi connectivity index (χ0n) is 10.3. The first-order valence-corrected chi connectivity index (χ1v) is 6.43. The summed E-state index contributed by atoms with van der Waals surface area (Å²) >= 11 is 0. The molecule has 0 aromatic heterocycles. The van der Waals surface area contributed by atoms with E-state index in [1.54, 1.807) is 0 Å². The SMILES string of the molecule is O=C(O)C1COCC1N1C(=O)C2CC=CCC2C1=O. The fraction of sp³-hybridized carbons (Fsp3) is 0.615. The molecule has 2 aliphatic heterocycles. The van der Waals surface area contributed by atoms with Gasteiger partial charge < -0.3 is 9.84 Å². The summed E-state index contributed by atoms with van der Waals surface area (Å²) in [5.74, 6) is -2.92. The first-order valence-electron chi connectivity index (χ1n) is 6.43. The van der Waals surface area contributed by atoms with E-state index in [0.717, 1.165) is 4.90 Å². The number of carboxylic acids is 1. The van der Waals surface area contributed by atoms with E-state index in [9.17, 15) is 14.4 Å². The molecule has 3 rings (SSSR count). The van der Waals surface area contributed by atoms with Crippen LogP contribution in [0.5, 0.6) is 0 Å². The molecule has 19 heavy (non-hydrogen) atoms. The minimum absolute atomic E-state index is 0.0602. The average molecular weight is 265 g/mol. The molecular weight excluding hydrogens is 250 g/mol. The van der Waals surface area contributed by atoms with Crippen molar-refractivity contribution in [2.24, 2.45) is 17.8 Å². The molecule has 2 saturated heterocycles. The molecule has 0 spiro atoms. The quantitative estimate of drug-likeness (QED) is 0.563. The summed E-state index contributed by atoms with van der Waals surface area (Å²) in [6, 6.07) is -0.650. The van der Waals surface area contributed by atoms with Gasteiger partial charge in [0.1, 0.15) is 5.92 Å². The van der Waals surface area contributed by atoms with Gasteiger partial charge in [-0.1, -0.05) is 12.2 Å². The summed E-state index contributed by atoms with van der Waals surface area (Å²) in [5.41, 5.74) is 0. The van der Waals surface area contributed by atoms with Gasteiger partial charge in [0.05, 0.1) is 31.1 Å². The smallest absolute Gasteiger partial charge is 0.311 e. The first kappa shape index (κ1) is 12.3. The number of ether oxygens (including phenoxy) is 1. The van der Waals surface area contributed by atoms with Crippen LogP contribution in [0.1, 0.15) is 12.8 Å². The fourth-order valence-electron chi connectivity index (χ4n) is 3.19. The molecule has 2 fully saturated rings. The van der Waals surface area contributed by atoms with Crippen molar-refractivity contribution in [3.8, 4) is 0 Å². The van der Waals surface area contributed by atoms with Crippen LogP contribution in [-0.2, 0) is 19.1 Å². The monoisotopic (exact) mass is 265 g/mol. The average Bonchev–Trinajstić information content (AvgIpc) is 2.95. The zero-order chi connectivity index (χ0) is 13.6. The molecule has 2 amide bonds. The Bertz CT molecular complexity index is 446. The molecule has 6 nitrogen and oxygen atoms in total. The van der Waals surface area contributed by atoms with Crippen LogP contribution in [0.15, 0.2) is 12.2 Å². The van der Waals surface area contributed by atoms with Gasteiger partial charge >= 0.3 is 5.97 Å². The van der Waals surface area contributed by atoms with Crippen LogP contribution < -0.4 is 0 Å². The van der Waals surface area contributed by atoms with Crippen molar-refractivity contribution in [2.45, 2.75) is 18.9 Å². The molecule has 102 valence electrons. The third-order valence-electron chi connectivity index (χ3n) is 4.24. The highest BCUT2D eigenvalue weighted by Gasteiger charge is 2.53. The molecule has 0 radical (unpaired) electrons. The van der Waals surface area contributed by atoms with E-state index in [4.69, 9.17) is 9.84 Å². The third kappa shape index (κ3) is 1.78. The Morgan fingerprint density at radius 1 is 1.16 bits per heavy atom. The number of aliphatic carboxylic acids is 1. The van der Waals surface area contributed by atoms with Gasteiger partial charge in [-0.05, 0) is 12.8 Å². The van der Waals surface area contributed by atoms with Gasteiger partial charge in [-0.15, -0.1) is 0 Å². The Kier molecular flexibility index (Phi) is 2.89. The number of amides is 2. The van der Waals surface area contributed by atoms with Gasteiger partial charge in [-0.3, -0.25) is 19.3 Å². The lowest BCUT2D eigenvalue weighted by Gasteiger charge is -2.24. The van der Waals surface area contributed by atoms with Crippen LogP contribution in [0.3, 0.4) is 0 Å². The van der Waals surface area contributed by atoms with E-state index in [2.05, 4.69) is 0 Å². The number of imide groups is 1. The number of likely N-dealkylation sites (tertiary alicyclic amines) is 1. The van der Waals surface area contributed by atoms with Crippen molar-refractivity contribution in [3.63, 3.8) is 0 Å². The number of carboxylic acid groups (broad SMARTS) is 1. The molecule has 6 heteroatoms. The normalized spacial score (nSPS) is 37.8. The van der Waals surface area contributed by atoms with E-state index < -0.39 is 17.9 Å². The Labute approximate surface area is 110 Å². The molecule has 1 N–H and O–H groups in total. The van der Waals surface area contributed by atoms with Crippen molar-refractivity contribution in [2.75, 3.05) is 13.2 Å². The van der Waals surface area contributed by atoms with Crippen molar-refractivity contribution in [3.05, 3.63) is 12.2 Å². The fourth-order valence-corrected chi connectivity index (χ4v) is 3.19. The largest absolute Gasteiger partial charge is 0.481 e. The van der Waals surface area contributed by atoms with Crippen LogP contribution in [0.4, 0.5) is 0 Å². The highest BCUT2D eigenvalue weighted by atomic mass is 16.5. The lowest BCUT2D eigenvalue weighted by Crippen LogP contribution is -2.46.